The number of hydrogen-bond donors (Lipinski definition) is 1. The van der Waals surface area contributed by atoms with Crippen LogP contribution >= 0.6 is 0 Å². The Labute approximate surface area is 181 Å². The van der Waals surface area contributed by atoms with Gasteiger partial charge in [0.25, 0.3) is 0 Å². The maximum atomic E-state index is 12.2. The van der Waals surface area contributed by atoms with Gasteiger partial charge in [0, 0.05) is 42.3 Å². The Morgan fingerprint density at radius 3 is 2.65 bits per heavy atom. The summed E-state index contributed by atoms with van der Waals surface area (Å²) in [5.41, 5.74) is 4.50. The molecule has 0 atom stereocenters. The first kappa shape index (κ1) is 20.7. The Balaban J connectivity index is 1.80. The van der Waals surface area contributed by atoms with Crippen molar-refractivity contribution in [1.29, 1.82) is 0 Å². The fourth-order valence-electron chi connectivity index (χ4n) is 3.80. The van der Waals surface area contributed by atoms with Crippen molar-refractivity contribution in [3.63, 3.8) is 0 Å². The number of carbonyl (C=O) groups excluding carboxylic acids is 1. The third-order valence-electron chi connectivity index (χ3n) is 5.35. The normalized spacial score (nSPS) is 11.8. The standard InChI is InChI=1S/C26H25NO4/c1-17(13-26(28)27-11-12-29-2)21-14-22-23(16-31-25(22)15-24(21)30-3)20-10-6-8-18-7-4-5-9-19(18)20/h4-10,13-16H,11-12H2,1-3H3,(H,27,28)/b17-13+. The van der Waals surface area contributed by atoms with E-state index in [1.807, 2.05) is 31.2 Å². The molecule has 0 saturated heterocycles. The summed E-state index contributed by atoms with van der Waals surface area (Å²) in [6.45, 7) is 2.83. The zero-order chi connectivity index (χ0) is 21.8. The molecule has 5 heteroatoms. The molecule has 0 unspecified atom stereocenters. The molecular formula is C26H25NO4. The van der Waals surface area contributed by atoms with Crippen LogP contribution in [0, 0.1) is 0 Å². The van der Waals surface area contributed by atoms with Crippen LogP contribution in [0.5, 0.6) is 5.75 Å². The first-order valence-electron chi connectivity index (χ1n) is 10.1. The second-order valence-electron chi connectivity index (χ2n) is 7.34. The Bertz CT molecular complexity index is 1260. The summed E-state index contributed by atoms with van der Waals surface area (Å²) >= 11 is 0. The summed E-state index contributed by atoms with van der Waals surface area (Å²) in [4.78, 5) is 12.2. The minimum Gasteiger partial charge on any atom is -0.496 e. The van der Waals surface area contributed by atoms with Gasteiger partial charge in [-0.15, -0.1) is 0 Å². The van der Waals surface area contributed by atoms with Crippen molar-refractivity contribution in [3.05, 3.63) is 72.5 Å². The average molecular weight is 415 g/mol. The molecule has 31 heavy (non-hydrogen) atoms. The maximum Gasteiger partial charge on any atom is 0.244 e. The van der Waals surface area contributed by atoms with Crippen LogP contribution in [-0.2, 0) is 9.53 Å². The molecule has 158 valence electrons. The molecule has 1 N–H and O–H groups in total. The predicted octanol–water partition coefficient (Wildman–Crippen LogP) is 5.43. The first-order valence-corrected chi connectivity index (χ1v) is 10.1. The SMILES string of the molecule is COCCNC(=O)/C=C(\C)c1cc2c(-c3cccc4ccccc34)coc2cc1OC. The van der Waals surface area contributed by atoms with Crippen molar-refractivity contribution in [2.24, 2.45) is 0 Å². The molecular weight excluding hydrogens is 390 g/mol. The highest BCUT2D eigenvalue weighted by Gasteiger charge is 2.16. The lowest BCUT2D eigenvalue weighted by atomic mass is 9.96. The molecule has 0 fully saturated rings. The van der Waals surface area contributed by atoms with Crippen molar-refractivity contribution >= 4 is 33.2 Å². The van der Waals surface area contributed by atoms with E-state index in [1.54, 1.807) is 26.6 Å². The lowest BCUT2D eigenvalue weighted by molar-refractivity contribution is -0.116. The summed E-state index contributed by atoms with van der Waals surface area (Å²) in [6, 6.07) is 18.5. The van der Waals surface area contributed by atoms with Gasteiger partial charge in [-0.05, 0) is 34.9 Å². The van der Waals surface area contributed by atoms with Gasteiger partial charge in [-0.25, -0.2) is 0 Å². The van der Waals surface area contributed by atoms with E-state index in [4.69, 9.17) is 13.9 Å². The number of carbonyl (C=O) groups is 1. The molecule has 0 aliphatic rings. The van der Waals surface area contributed by atoms with E-state index in [0.717, 1.165) is 38.6 Å². The summed E-state index contributed by atoms with van der Waals surface area (Å²) in [5, 5.41) is 6.12. The summed E-state index contributed by atoms with van der Waals surface area (Å²) in [7, 11) is 3.22. The fraction of sp³-hybridized carbons (Fsp3) is 0.192. The monoisotopic (exact) mass is 415 g/mol. The van der Waals surface area contributed by atoms with Crippen molar-refractivity contribution in [2.45, 2.75) is 6.92 Å². The van der Waals surface area contributed by atoms with Crippen LogP contribution in [-0.4, -0.2) is 33.3 Å². The van der Waals surface area contributed by atoms with E-state index in [0.29, 0.717) is 18.9 Å². The molecule has 0 spiro atoms. The van der Waals surface area contributed by atoms with Crippen molar-refractivity contribution in [2.75, 3.05) is 27.4 Å². The molecule has 0 radical (unpaired) electrons. The van der Waals surface area contributed by atoms with Gasteiger partial charge in [0.05, 0.1) is 20.0 Å². The van der Waals surface area contributed by atoms with E-state index >= 15 is 0 Å². The molecule has 0 aliphatic carbocycles. The molecule has 0 bridgehead atoms. The molecule has 0 aliphatic heterocycles. The smallest absolute Gasteiger partial charge is 0.244 e. The number of nitrogens with one attached hydrogen (secondary N) is 1. The molecule has 4 aromatic rings. The lowest BCUT2D eigenvalue weighted by Gasteiger charge is -2.11. The summed E-state index contributed by atoms with van der Waals surface area (Å²) in [6.07, 6.45) is 3.36. The number of hydrogen-bond acceptors (Lipinski definition) is 4. The Morgan fingerprint density at radius 2 is 1.84 bits per heavy atom. The van der Waals surface area contributed by atoms with Gasteiger partial charge in [0.15, 0.2) is 0 Å². The van der Waals surface area contributed by atoms with Crippen LogP contribution in [0.25, 0.3) is 38.4 Å². The van der Waals surface area contributed by atoms with Crippen LogP contribution in [0.1, 0.15) is 12.5 Å². The maximum absolute atomic E-state index is 12.2. The first-order chi connectivity index (χ1) is 15.1. The minimum absolute atomic E-state index is 0.168. The number of fused-ring (bicyclic) bond motifs is 2. The molecule has 1 aromatic heterocycles. The van der Waals surface area contributed by atoms with Crippen LogP contribution in [0.4, 0.5) is 0 Å². The van der Waals surface area contributed by atoms with E-state index < -0.39 is 0 Å². The van der Waals surface area contributed by atoms with Gasteiger partial charge < -0.3 is 19.2 Å². The van der Waals surface area contributed by atoms with Gasteiger partial charge in [0.2, 0.25) is 5.91 Å². The minimum atomic E-state index is -0.168. The van der Waals surface area contributed by atoms with Crippen LogP contribution < -0.4 is 10.1 Å². The van der Waals surface area contributed by atoms with E-state index in [1.165, 1.54) is 5.39 Å². The lowest BCUT2D eigenvalue weighted by Crippen LogP contribution is -2.25. The Morgan fingerprint density at radius 1 is 1.03 bits per heavy atom. The summed E-state index contributed by atoms with van der Waals surface area (Å²) in [5.74, 6) is 0.489. The Hall–Kier alpha value is -3.57. The number of furan rings is 1. The molecule has 4 rings (SSSR count). The van der Waals surface area contributed by atoms with Crippen molar-refractivity contribution in [1.82, 2.24) is 5.32 Å². The number of benzene rings is 3. The average Bonchev–Trinajstić information content (AvgIpc) is 3.20. The zero-order valence-electron chi connectivity index (χ0n) is 17.9. The number of amides is 1. The van der Waals surface area contributed by atoms with Crippen LogP contribution in [0.2, 0.25) is 0 Å². The highest BCUT2D eigenvalue weighted by atomic mass is 16.5. The quantitative estimate of drug-likeness (QED) is 0.323. The Kier molecular flexibility index (Phi) is 6.05. The highest BCUT2D eigenvalue weighted by Crippen LogP contribution is 2.39. The van der Waals surface area contributed by atoms with Gasteiger partial charge in [-0.3, -0.25) is 4.79 Å². The van der Waals surface area contributed by atoms with Crippen LogP contribution in [0.15, 0.2) is 71.4 Å². The van der Waals surface area contributed by atoms with E-state index in [9.17, 15) is 4.79 Å². The topological polar surface area (TPSA) is 60.7 Å². The number of allylic oxidation sites excluding steroid dienone is 1. The second kappa shape index (κ2) is 9.06. The summed E-state index contributed by atoms with van der Waals surface area (Å²) < 4.78 is 16.4. The van der Waals surface area contributed by atoms with Gasteiger partial charge in [-0.2, -0.15) is 0 Å². The second-order valence-corrected chi connectivity index (χ2v) is 7.34. The number of ether oxygens (including phenoxy) is 2. The zero-order valence-corrected chi connectivity index (χ0v) is 17.9. The van der Waals surface area contributed by atoms with E-state index in [-0.39, 0.29) is 5.91 Å². The molecule has 1 heterocycles. The van der Waals surface area contributed by atoms with Crippen molar-refractivity contribution in [3.8, 4) is 16.9 Å². The largest absolute Gasteiger partial charge is 0.496 e. The number of rotatable bonds is 7. The fourth-order valence-corrected chi connectivity index (χ4v) is 3.80. The van der Waals surface area contributed by atoms with E-state index in [2.05, 4.69) is 35.6 Å². The van der Waals surface area contributed by atoms with Gasteiger partial charge in [-0.1, -0.05) is 42.5 Å². The molecule has 5 nitrogen and oxygen atoms in total. The third-order valence-corrected chi connectivity index (χ3v) is 5.35. The molecule has 0 saturated carbocycles. The van der Waals surface area contributed by atoms with Gasteiger partial charge in [0.1, 0.15) is 11.3 Å². The van der Waals surface area contributed by atoms with Crippen molar-refractivity contribution < 1.29 is 18.7 Å². The van der Waals surface area contributed by atoms with Crippen LogP contribution in [0.3, 0.4) is 0 Å². The highest BCUT2D eigenvalue weighted by molar-refractivity contribution is 6.06. The third kappa shape index (κ3) is 4.18. The van der Waals surface area contributed by atoms with Gasteiger partial charge >= 0.3 is 0 Å². The molecule has 3 aromatic carbocycles. The number of methoxy groups -OCH3 is 2. The predicted molar refractivity (Wildman–Crippen MR) is 124 cm³/mol. The molecule has 1 amide bonds.